The maximum Gasteiger partial charge on any atom is 0.223 e. The Morgan fingerprint density at radius 1 is 1.36 bits per heavy atom. The molecule has 1 aromatic heterocycles. The summed E-state index contributed by atoms with van der Waals surface area (Å²) < 4.78 is 16.3. The molecule has 3 rings (SSSR count). The van der Waals surface area contributed by atoms with Crippen molar-refractivity contribution in [2.75, 3.05) is 13.2 Å². The van der Waals surface area contributed by atoms with E-state index in [1.807, 2.05) is 30.3 Å². The lowest BCUT2D eigenvalue weighted by Crippen LogP contribution is -2.35. The van der Waals surface area contributed by atoms with Gasteiger partial charge in [-0.1, -0.05) is 35.5 Å². The van der Waals surface area contributed by atoms with E-state index in [0.29, 0.717) is 11.7 Å². The summed E-state index contributed by atoms with van der Waals surface area (Å²) >= 11 is 0. The molecule has 0 spiro atoms. The van der Waals surface area contributed by atoms with E-state index in [9.17, 15) is 5.11 Å². The first-order valence-corrected chi connectivity index (χ1v) is 7.10. The Hall–Kier alpha value is -1.80. The first kappa shape index (κ1) is 15.1. The maximum absolute atomic E-state index is 10.1. The molecule has 0 aliphatic carbocycles. The average molecular weight is 306 g/mol. The molecule has 22 heavy (non-hydrogen) atoms. The van der Waals surface area contributed by atoms with Gasteiger partial charge in [0.1, 0.15) is 24.4 Å². The van der Waals surface area contributed by atoms with Gasteiger partial charge in [0.25, 0.3) is 0 Å². The molecule has 0 amide bonds. The van der Waals surface area contributed by atoms with Crippen LogP contribution in [0.4, 0.5) is 0 Å². The lowest BCUT2D eigenvalue weighted by molar-refractivity contribution is -0.0536. The number of hydrogen-bond acceptors (Lipinski definition) is 7. The van der Waals surface area contributed by atoms with Crippen LogP contribution in [0.25, 0.3) is 0 Å². The molecule has 118 valence electrons. The molecule has 1 fully saturated rings. The monoisotopic (exact) mass is 306 g/mol. The molecule has 7 heteroatoms. The Morgan fingerprint density at radius 3 is 2.73 bits per heavy atom. The van der Waals surface area contributed by atoms with Crippen molar-refractivity contribution >= 4 is 0 Å². The maximum atomic E-state index is 10.1. The predicted octanol–water partition coefficient (Wildman–Crippen LogP) is 0.605. The first-order chi connectivity index (χ1) is 10.7. The minimum atomic E-state index is -0.899. The number of aryl methyl sites for hydroxylation is 1. The molecule has 1 aliphatic heterocycles. The molecule has 7 nitrogen and oxygen atoms in total. The third-order valence-corrected chi connectivity index (χ3v) is 3.61. The molecule has 0 radical (unpaired) electrons. The van der Waals surface area contributed by atoms with Crippen LogP contribution in [0.1, 0.15) is 23.4 Å². The van der Waals surface area contributed by atoms with Crippen molar-refractivity contribution in [1.29, 1.82) is 0 Å². The van der Waals surface area contributed by atoms with Crippen LogP contribution in [-0.2, 0) is 9.47 Å². The van der Waals surface area contributed by atoms with E-state index in [1.165, 1.54) is 0 Å². The zero-order chi connectivity index (χ0) is 15.5. The van der Waals surface area contributed by atoms with Gasteiger partial charge in [0.05, 0.1) is 13.2 Å². The van der Waals surface area contributed by atoms with Crippen LogP contribution in [0.3, 0.4) is 0 Å². The quantitative estimate of drug-likeness (QED) is 0.835. The lowest BCUT2D eigenvalue weighted by atomic mass is 10.1. The second kappa shape index (κ2) is 6.53. The van der Waals surface area contributed by atoms with Gasteiger partial charge in [0.15, 0.2) is 0 Å². The lowest BCUT2D eigenvalue weighted by Gasteiger charge is -2.22. The van der Waals surface area contributed by atoms with E-state index in [0.717, 1.165) is 5.56 Å². The van der Waals surface area contributed by atoms with Crippen molar-refractivity contribution in [3.8, 4) is 0 Å². The Balaban J connectivity index is 1.84. The third-order valence-electron chi connectivity index (χ3n) is 3.61. The molecule has 0 bridgehead atoms. The summed E-state index contributed by atoms with van der Waals surface area (Å²) in [6, 6.07) is 9.45. The van der Waals surface area contributed by atoms with Gasteiger partial charge in [0, 0.05) is 6.92 Å². The van der Waals surface area contributed by atoms with Crippen LogP contribution in [0.15, 0.2) is 34.9 Å². The molecule has 1 aliphatic rings. The number of ether oxygens (including phenoxy) is 2. The van der Waals surface area contributed by atoms with Gasteiger partial charge in [-0.2, -0.15) is 4.98 Å². The van der Waals surface area contributed by atoms with Crippen LogP contribution in [-0.4, -0.2) is 51.9 Å². The molecule has 4 atom stereocenters. The van der Waals surface area contributed by atoms with E-state index < -0.39 is 24.4 Å². The van der Waals surface area contributed by atoms with Gasteiger partial charge in [-0.15, -0.1) is 0 Å². The second-order valence-corrected chi connectivity index (χ2v) is 5.18. The Kier molecular flexibility index (Phi) is 4.49. The second-order valence-electron chi connectivity index (χ2n) is 5.18. The van der Waals surface area contributed by atoms with Crippen molar-refractivity contribution in [2.24, 2.45) is 0 Å². The van der Waals surface area contributed by atoms with Crippen molar-refractivity contribution in [3.63, 3.8) is 0 Å². The van der Waals surface area contributed by atoms with Crippen molar-refractivity contribution in [3.05, 3.63) is 47.6 Å². The van der Waals surface area contributed by atoms with Crippen LogP contribution in [0, 0.1) is 6.92 Å². The van der Waals surface area contributed by atoms with E-state index in [4.69, 9.17) is 19.1 Å². The highest BCUT2D eigenvalue weighted by atomic mass is 16.6. The highest BCUT2D eigenvalue weighted by molar-refractivity contribution is 5.22. The fourth-order valence-electron chi connectivity index (χ4n) is 2.45. The van der Waals surface area contributed by atoms with E-state index in [1.54, 1.807) is 6.92 Å². The van der Waals surface area contributed by atoms with Gasteiger partial charge in [-0.05, 0) is 5.56 Å². The van der Waals surface area contributed by atoms with Crippen LogP contribution >= 0.6 is 0 Å². The molecule has 0 saturated carbocycles. The molecule has 2 aromatic rings. The molecule has 2 heterocycles. The van der Waals surface area contributed by atoms with Crippen molar-refractivity contribution in [2.45, 2.75) is 31.3 Å². The molecular weight excluding hydrogens is 288 g/mol. The molecule has 2 N–H and O–H groups in total. The molecule has 1 aromatic carbocycles. The molecular formula is C15H18N2O5. The Bertz CT molecular complexity index is 603. The highest BCUT2D eigenvalue weighted by Crippen LogP contribution is 2.29. The summed E-state index contributed by atoms with van der Waals surface area (Å²) in [4.78, 5) is 4.22. The summed E-state index contributed by atoms with van der Waals surface area (Å²) in [6.45, 7) is 1.65. The SMILES string of the molecule is Cc1nc(C(O[C@H]2CO[C@H](CO)[C@H]2O)c2ccccc2)no1. The minimum Gasteiger partial charge on any atom is -0.394 e. The van der Waals surface area contributed by atoms with E-state index in [-0.39, 0.29) is 13.2 Å². The van der Waals surface area contributed by atoms with Gasteiger partial charge < -0.3 is 24.2 Å². The first-order valence-electron chi connectivity index (χ1n) is 7.10. The summed E-state index contributed by atoms with van der Waals surface area (Å²) in [5.41, 5.74) is 0.850. The summed E-state index contributed by atoms with van der Waals surface area (Å²) in [7, 11) is 0. The highest BCUT2D eigenvalue weighted by Gasteiger charge is 2.39. The average Bonchev–Trinajstić information content (AvgIpc) is 3.12. The van der Waals surface area contributed by atoms with Crippen molar-refractivity contribution < 1.29 is 24.2 Å². The fourth-order valence-corrected chi connectivity index (χ4v) is 2.45. The van der Waals surface area contributed by atoms with Gasteiger partial charge in [0.2, 0.25) is 11.7 Å². The number of benzene rings is 1. The Labute approximate surface area is 127 Å². The number of aliphatic hydroxyl groups excluding tert-OH is 2. The summed E-state index contributed by atoms with van der Waals surface area (Å²) in [6.07, 6.45) is -2.67. The molecule has 1 saturated heterocycles. The molecule has 1 unspecified atom stereocenters. The topological polar surface area (TPSA) is 97.8 Å². The van der Waals surface area contributed by atoms with Crippen LogP contribution in [0.5, 0.6) is 0 Å². The van der Waals surface area contributed by atoms with Gasteiger partial charge in [-0.25, -0.2) is 0 Å². The summed E-state index contributed by atoms with van der Waals surface area (Å²) in [5.74, 6) is 0.833. The Morgan fingerprint density at radius 2 is 2.14 bits per heavy atom. The standard InChI is InChI=1S/C15H18N2O5/c1-9-16-15(17-22-9)14(10-5-3-2-4-6-10)21-12-8-20-11(7-18)13(12)19/h2-6,11-14,18-19H,7-8H2,1H3/t11-,12+,13-,14?/m1/s1. The van der Waals surface area contributed by atoms with Gasteiger partial charge in [-0.3, -0.25) is 0 Å². The zero-order valence-electron chi connectivity index (χ0n) is 12.1. The predicted molar refractivity (Wildman–Crippen MR) is 75.0 cm³/mol. The third kappa shape index (κ3) is 3.02. The van der Waals surface area contributed by atoms with Crippen molar-refractivity contribution in [1.82, 2.24) is 10.1 Å². The van der Waals surface area contributed by atoms with E-state index in [2.05, 4.69) is 10.1 Å². The zero-order valence-corrected chi connectivity index (χ0v) is 12.1. The largest absolute Gasteiger partial charge is 0.394 e. The van der Waals surface area contributed by atoms with Crippen LogP contribution < -0.4 is 0 Å². The minimum absolute atomic E-state index is 0.201. The number of hydrogen-bond donors (Lipinski definition) is 2. The normalized spacial score (nSPS) is 26.2. The fraction of sp³-hybridized carbons (Fsp3) is 0.467. The number of aromatic nitrogens is 2. The smallest absolute Gasteiger partial charge is 0.223 e. The van der Waals surface area contributed by atoms with Crippen LogP contribution in [0.2, 0.25) is 0 Å². The number of aliphatic hydroxyl groups is 2. The number of rotatable bonds is 5. The number of nitrogens with zero attached hydrogens (tertiary/aromatic N) is 2. The van der Waals surface area contributed by atoms with Gasteiger partial charge >= 0.3 is 0 Å². The summed E-state index contributed by atoms with van der Waals surface area (Å²) in [5, 5.41) is 23.2. The van der Waals surface area contributed by atoms with E-state index >= 15 is 0 Å².